The standard InChI is InChI=1S/C15H17FN4O2/c16-11-3-9(10-1-2-12(21)19-14(10)22)4-18-13(11)20-7-15(8-20)5-17-6-15/h3-4,10,17H,1-2,5-8H2,(H,19,21,22). The Kier molecular flexibility index (Phi) is 2.94. The quantitative estimate of drug-likeness (QED) is 0.761. The molecule has 1 atom stereocenters. The van der Waals surface area contributed by atoms with Crippen LogP contribution in [0.1, 0.15) is 24.3 Å². The van der Waals surface area contributed by atoms with E-state index in [4.69, 9.17) is 0 Å². The summed E-state index contributed by atoms with van der Waals surface area (Å²) in [5.74, 6) is -1.18. The fourth-order valence-corrected chi connectivity index (χ4v) is 3.50. The van der Waals surface area contributed by atoms with Gasteiger partial charge in [-0.1, -0.05) is 0 Å². The fraction of sp³-hybridized carbons (Fsp3) is 0.533. The van der Waals surface area contributed by atoms with E-state index in [2.05, 4.69) is 15.6 Å². The molecule has 3 aliphatic rings. The maximum atomic E-state index is 14.3. The number of hydrogen-bond donors (Lipinski definition) is 2. The molecule has 0 aliphatic carbocycles. The van der Waals surface area contributed by atoms with Crippen LogP contribution < -0.4 is 15.5 Å². The second-order valence-electron chi connectivity index (χ2n) is 6.54. The zero-order valence-corrected chi connectivity index (χ0v) is 12.1. The van der Waals surface area contributed by atoms with E-state index in [0.29, 0.717) is 23.2 Å². The lowest BCUT2D eigenvalue weighted by molar-refractivity contribution is -0.134. The van der Waals surface area contributed by atoms with Crippen molar-refractivity contribution in [1.82, 2.24) is 15.6 Å². The minimum atomic E-state index is -0.493. The van der Waals surface area contributed by atoms with Crippen LogP contribution in [0.25, 0.3) is 0 Å². The molecule has 1 aromatic rings. The van der Waals surface area contributed by atoms with Gasteiger partial charge in [0.05, 0.1) is 5.92 Å². The van der Waals surface area contributed by atoms with Gasteiger partial charge in [0, 0.05) is 44.2 Å². The molecule has 0 radical (unpaired) electrons. The van der Waals surface area contributed by atoms with Gasteiger partial charge in [-0.2, -0.15) is 0 Å². The lowest BCUT2D eigenvalue weighted by Gasteiger charge is -2.56. The Morgan fingerprint density at radius 2 is 2.09 bits per heavy atom. The van der Waals surface area contributed by atoms with Crippen molar-refractivity contribution in [2.24, 2.45) is 5.41 Å². The third-order valence-electron chi connectivity index (χ3n) is 4.84. The minimum Gasteiger partial charge on any atom is -0.353 e. The summed E-state index contributed by atoms with van der Waals surface area (Å²) in [5, 5.41) is 5.53. The largest absolute Gasteiger partial charge is 0.353 e. The molecule has 0 bridgehead atoms. The van der Waals surface area contributed by atoms with Crippen LogP contribution in [0.2, 0.25) is 0 Å². The maximum absolute atomic E-state index is 14.3. The average Bonchev–Trinajstić information content (AvgIpc) is 2.37. The first-order valence-corrected chi connectivity index (χ1v) is 7.51. The number of carbonyl (C=O) groups is 2. The van der Waals surface area contributed by atoms with Gasteiger partial charge in [-0.25, -0.2) is 9.37 Å². The van der Waals surface area contributed by atoms with E-state index < -0.39 is 11.7 Å². The van der Waals surface area contributed by atoms with Crippen LogP contribution in [-0.4, -0.2) is 43.0 Å². The number of amides is 2. The van der Waals surface area contributed by atoms with Gasteiger partial charge in [-0.15, -0.1) is 0 Å². The van der Waals surface area contributed by atoms with Gasteiger partial charge >= 0.3 is 0 Å². The molecule has 0 aromatic carbocycles. The Morgan fingerprint density at radius 3 is 2.68 bits per heavy atom. The molecule has 7 heteroatoms. The second kappa shape index (κ2) is 4.74. The Balaban J connectivity index is 1.51. The monoisotopic (exact) mass is 304 g/mol. The van der Waals surface area contributed by atoms with Crippen LogP contribution in [-0.2, 0) is 9.59 Å². The number of carbonyl (C=O) groups excluding carboxylic acids is 2. The lowest BCUT2D eigenvalue weighted by Crippen LogP contribution is -2.71. The molecule has 2 N–H and O–H groups in total. The lowest BCUT2D eigenvalue weighted by atomic mass is 9.74. The van der Waals surface area contributed by atoms with Crippen molar-refractivity contribution in [3.05, 3.63) is 23.6 Å². The third-order valence-corrected chi connectivity index (χ3v) is 4.84. The van der Waals surface area contributed by atoms with Crippen molar-refractivity contribution in [1.29, 1.82) is 0 Å². The Hall–Kier alpha value is -2.02. The summed E-state index contributed by atoms with van der Waals surface area (Å²) in [6, 6.07) is 1.38. The van der Waals surface area contributed by atoms with E-state index in [0.717, 1.165) is 26.2 Å². The molecule has 22 heavy (non-hydrogen) atoms. The van der Waals surface area contributed by atoms with Crippen molar-refractivity contribution in [2.75, 3.05) is 31.1 Å². The number of anilines is 1. The first kappa shape index (κ1) is 13.6. The number of nitrogens with one attached hydrogen (secondary N) is 2. The topological polar surface area (TPSA) is 74.3 Å². The number of pyridine rings is 1. The van der Waals surface area contributed by atoms with Crippen LogP contribution in [0.3, 0.4) is 0 Å². The Morgan fingerprint density at radius 1 is 1.32 bits per heavy atom. The fourth-order valence-electron chi connectivity index (χ4n) is 3.50. The van der Waals surface area contributed by atoms with Crippen molar-refractivity contribution >= 4 is 17.6 Å². The number of rotatable bonds is 2. The normalized spacial score (nSPS) is 26.4. The summed E-state index contributed by atoms with van der Waals surface area (Å²) in [7, 11) is 0. The number of nitrogens with zero attached hydrogens (tertiary/aromatic N) is 2. The number of hydrogen-bond acceptors (Lipinski definition) is 5. The van der Waals surface area contributed by atoms with Gasteiger partial charge in [0.1, 0.15) is 0 Å². The highest BCUT2D eigenvalue weighted by Crippen LogP contribution is 2.38. The summed E-state index contributed by atoms with van der Waals surface area (Å²) in [6.07, 6.45) is 2.24. The highest BCUT2D eigenvalue weighted by atomic mass is 19.1. The summed E-state index contributed by atoms with van der Waals surface area (Å²) >= 11 is 0. The number of piperidine rings is 1. The molecule has 4 heterocycles. The van der Waals surface area contributed by atoms with Crippen molar-refractivity contribution in [3.63, 3.8) is 0 Å². The molecule has 3 fully saturated rings. The number of aromatic nitrogens is 1. The predicted octanol–water partition coefficient (Wildman–Crippen LogP) is 0.150. The van der Waals surface area contributed by atoms with E-state index in [-0.39, 0.29) is 18.2 Å². The van der Waals surface area contributed by atoms with Gasteiger partial charge < -0.3 is 10.2 Å². The number of halogens is 1. The Bertz CT molecular complexity index is 651. The van der Waals surface area contributed by atoms with Crippen LogP contribution in [0.4, 0.5) is 10.2 Å². The second-order valence-corrected chi connectivity index (χ2v) is 6.54. The molecule has 2 amide bonds. The van der Waals surface area contributed by atoms with Crippen molar-refractivity contribution in [2.45, 2.75) is 18.8 Å². The molecule has 1 aromatic heterocycles. The van der Waals surface area contributed by atoms with Crippen molar-refractivity contribution in [3.8, 4) is 0 Å². The van der Waals surface area contributed by atoms with Crippen molar-refractivity contribution < 1.29 is 14.0 Å². The molecule has 0 saturated carbocycles. The van der Waals surface area contributed by atoms with Gasteiger partial charge in [-0.05, 0) is 18.1 Å². The summed E-state index contributed by atoms with van der Waals surface area (Å²) in [4.78, 5) is 29.2. The molecule has 116 valence electrons. The highest BCUT2D eigenvalue weighted by molar-refractivity contribution is 6.00. The molecule has 3 saturated heterocycles. The molecule has 3 aliphatic heterocycles. The average molecular weight is 304 g/mol. The van der Waals surface area contributed by atoms with Crippen LogP contribution in [0.5, 0.6) is 0 Å². The zero-order chi connectivity index (χ0) is 15.3. The molecule has 1 spiro atoms. The first-order chi connectivity index (χ1) is 10.6. The Labute approximate surface area is 127 Å². The van der Waals surface area contributed by atoms with E-state index in [1.807, 2.05) is 4.90 Å². The van der Waals surface area contributed by atoms with E-state index >= 15 is 0 Å². The van der Waals surface area contributed by atoms with E-state index in [9.17, 15) is 14.0 Å². The number of imide groups is 1. The van der Waals surface area contributed by atoms with E-state index in [1.54, 1.807) is 6.20 Å². The summed E-state index contributed by atoms with van der Waals surface area (Å²) in [6.45, 7) is 3.61. The summed E-state index contributed by atoms with van der Waals surface area (Å²) in [5.41, 5.74) is 0.836. The molecular weight excluding hydrogens is 287 g/mol. The smallest absolute Gasteiger partial charge is 0.234 e. The molecule has 1 unspecified atom stereocenters. The molecular formula is C15H17FN4O2. The van der Waals surface area contributed by atoms with Crippen LogP contribution in [0, 0.1) is 11.2 Å². The van der Waals surface area contributed by atoms with Gasteiger partial charge in [0.2, 0.25) is 11.8 Å². The van der Waals surface area contributed by atoms with Gasteiger partial charge in [0.15, 0.2) is 11.6 Å². The van der Waals surface area contributed by atoms with Crippen LogP contribution >= 0.6 is 0 Å². The molecule has 4 rings (SSSR count). The third kappa shape index (κ3) is 2.08. The summed E-state index contributed by atoms with van der Waals surface area (Å²) < 4.78 is 14.3. The highest BCUT2D eigenvalue weighted by Gasteiger charge is 2.48. The zero-order valence-electron chi connectivity index (χ0n) is 12.1. The SMILES string of the molecule is O=C1CCC(c2cnc(N3CC4(CNC4)C3)c(F)c2)C(=O)N1. The minimum absolute atomic E-state index is 0.272. The van der Waals surface area contributed by atoms with Gasteiger partial charge in [0.25, 0.3) is 0 Å². The van der Waals surface area contributed by atoms with E-state index in [1.165, 1.54) is 6.07 Å². The van der Waals surface area contributed by atoms with Gasteiger partial charge in [-0.3, -0.25) is 14.9 Å². The van der Waals surface area contributed by atoms with Crippen LogP contribution in [0.15, 0.2) is 12.3 Å². The first-order valence-electron chi connectivity index (χ1n) is 7.51. The maximum Gasteiger partial charge on any atom is 0.234 e. The predicted molar refractivity (Wildman–Crippen MR) is 76.8 cm³/mol. The molecule has 6 nitrogen and oxygen atoms in total.